The van der Waals surface area contributed by atoms with Gasteiger partial charge in [0, 0.05) is 48.6 Å². The van der Waals surface area contributed by atoms with Crippen LogP contribution in [0, 0.1) is 0 Å². The van der Waals surface area contributed by atoms with Gasteiger partial charge < -0.3 is 19.7 Å². The van der Waals surface area contributed by atoms with Gasteiger partial charge in [0.15, 0.2) is 11.5 Å². The fourth-order valence-electron chi connectivity index (χ4n) is 3.18. The molecule has 0 spiro atoms. The molecule has 2 aromatic rings. The van der Waals surface area contributed by atoms with E-state index in [-0.39, 0.29) is 12.7 Å². The summed E-state index contributed by atoms with van der Waals surface area (Å²) >= 11 is 5.86. The van der Waals surface area contributed by atoms with Crippen LogP contribution >= 0.6 is 11.6 Å². The topological polar surface area (TPSA) is 54.0 Å². The maximum atomic E-state index is 12.2. The lowest BCUT2D eigenvalue weighted by molar-refractivity contribution is -0.117. The van der Waals surface area contributed by atoms with Crippen LogP contribution in [0.15, 0.2) is 42.5 Å². The second kappa shape index (κ2) is 7.43. The Balaban J connectivity index is 1.28. The average molecular weight is 374 g/mol. The molecular formula is C19H20ClN3O3. The van der Waals surface area contributed by atoms with Gasteiger partial charge in [-0.3, -0.25) is 9.69 Å². The number of benzene rings is 2. The number of carbonyl (C=O) groups is 1. The summed E-state index contributed by atoms with van der Waals surface area (Å²) in [4.78, 5) is 16.7. The van der Waals surface area contributed by atoms with Crippen LogP contribution in [-0.2, 0) is 4.79 Å². The van der Waals surface area contributed by atoms with Crippen LogP contribution in [0.25, 0.3) is 0 Å². The first-order valence-electron chi connectivity index (χ1n) is 8.60. The number of hydrogen-bond acceptors (Lipinski definition) is 5. The fourth-order valence-corrected chi connectivity index (χ4v) is 3.31. The third-order valence-corrected chi connectivity index (χ3v) is 4.84. The van der Waals surface area contributed by atoms with Gasteiger partial charge in [0.2, 0.25) is 12.7 Å². The van der Waals surface area contributed by atoms with Gasteiger partial charge in [-0.05, 0) is 36.4 Å². The summed E-state index contributed by atoms with van der Waals surface area (Å²) in [7, 11) is 0. The zero-order valence-electron chi connectivity index (χ0n) is 14.3. The van der Waals surface area contributed by atoms with Gasteiger partial charge in [-0.25, -0.2) is 0 Å². The van der Waals surface area contributed by atoms with E-state index in [9.17, 15) is 4.79 Å². The predicted molar refractivity (Wildman–Crippen MR) is 101 cm³/mol. The number of rotatable bonds is 4. The highest BCUT2D eigenvalue weighted by molar-refractivity contribution is 6.30. The first-order chi connectivity index (χ1) is 12.7. The number of fused-ring (bicyclic) bond motifs is 1. The second-order valence-corrected chi connectivity index (χ2v) is 6.79. The first-order valence-corrected chi connectivity index (χ1v) is 8.97. The van der Waals surface area contributed by atoms with Gasteiger partial charge >= 0.3 is 0 Å². The van der Waals surface area contributed by atoms with Crippen LogP contribution in [0.1, 0.15) is 0 Å². The molecule has 0 saturated carbocycles. The molecule has 136 valence electrons. The lowest BCUT2D eigenvalue weighted by atomic mass is 10.2. The van der Waals surface area contributed by atoms with Crippen LogP contribution in [0.2, 0.25) is 5.02 Å². The lowest BCUT2D eigenvalue weighted by Crippen LogP contribution is -2.48. The fraction of sp³-hybridized carbons (Fsp3) is 0.316. The Morgan fingerprint density at radius 2 is 1.73 bits per heavy atom. The SMILES string of the molecule is O=C(CN1CCN(c2ccc3c(c2)OCO3)CC1)Nc1ccc(Cl)cc1. The molecule has 0 radical (unpaired) electrons. The normalized spacial score (nSPS) is 16.6. The van der Waals surface area contributed by atoms with Gasteiger partial charge in [-0.1, -0.05) is 11.6 Å². The number of nitrogens with zero attached hydrogens (tertiary/aromatic N) is 2. The zero-order chi connectivity index (χ0) is 17.9. The van der Waals surface area contributed by atoms with Crippen molar-refractivity contribution >= 4 is 28.9 Å². The van der Waals surface area contributed by atoms with Crippen molar-refractivity contribution < 1.29 is 14.3 Å². The van der Waals surface area contributed by atoms with Gasteiger partial charge in [0.05, 0.1) is 6.54 Å². The minimum absolute atomic E-state index is 0.0103. The highest BCUT2D eigenvalue weighted by Crippen LogP contribution is 2.35. The highest BCUT2D eigenvalue weighted by atomic mass is 35.5. The second-order valence-electron chi connectivity index (χ2n) is 6.36. The molecule has 2 heterocycles. The van der Waals surface area contributed by atoms with Crippen LogP contribution < -0.4 is 19.7 Å². The summed E-state index contributed by atoms with van der Waals surface area (Å²) in [6, 6.07) is 13.2. The van der Waals surface area contributed by atoms with Gasteiger partial charge in [-0.15, -0.1) is 0 Å². The summed E-state index contributed by atoms with van der Waals surface area (Å²) in [6.07, 6.45) is 0. The van der Waals surface area contributed by atoms with Gasteiger partial charge in [0.1, 0.15) is 0 Å². The van der Waals surface area contributed by atoms with Crippen molar-refractivity contribution in [1.29, 1.82) is 0 Å². The molecule has 0 unspecified atom stereocenters. The molecule has 1 fully saturated rings. The van der Waals surface area contributed by atoms with E-state index >= 15 is 0 Å². The summed E-state index contributed by atoms with van der Waals surface area (Å²) in [5.74, 6) is 1.59. The average Bonchev–Trinajstić information content (AvgIpc) is 3.12. The molecule has 7 heteroatoms. The molecule has 26 heavy (non-hydrogen) atoms. The van der Waals surface area contributed by atoms with Crippen molar-refractivity contribution in [2.75, 3.05) is 49.7 Å². The Bertz CT molecular complexity index is 789. The van der Waals surface area contributed by atoms with Crippen LogP contribution in [0.3, 0.4) is 0 Å². The van der Waals surface area contributed by atoms with Crippen LogP contribution in [0.5, 0.6) is 11.5 Å². The number of ether oxygens (including phenoxy) is 2. The molecule has 0 atom stereocenters. The predicted octanol–water partition coefficient (Wildman–Crippen LogP) is 2.83. The summed E-state index contributed by atoms with van der Waals surface area (Å²) in [5, 5.41) is 3.56. The third-order valence-electron chi connectivity index (χ3n) is 4.59. The minimum Gasteiger partial charge on any atom is -0.454 e. The summed E-state index contributed by atoms with van der Waals surface area (Å²) in [6.45, 7) is 4.08. The number of carbonyl (C=O) groups excluding carboxylic acids is 1. The summed E-state index contributed by atoms with van der Waals surface area (Å²) in [5.41, 5.74) is 1.89. The van der Waals surface area contributed by atoms with Crippen molar-refractivity contribution in [3.05, 3.63) is 47.5 Å². The lowest BCUT2D eigenvalue weighted by Gasteiger charge is -2.35. The van der Waals surface area contributed by atoms with Gasteiger partial charge in [-0.2, -0.15) is 0 Å². The van der Waals surface area contributed by atoms with Crippen molar-refractivity contribution in [1.82, 2.24) is 4.90 Å². The summed E-state index contributed by atoms with van der Waals surface area (Å²) < 4.78 is 10.8. The van der Waals surface area contributed by atoms with Gasteiger partial charge in [0.25, 0.3) is 0 Å². The van der Waals surface area contributed by atoms with Crippen molar-refractivity contribution in [3.8, 4) is 11.5 Å². The highest BCUT2D eigenvalue weighted by Gasteiger charge is 2.21. The molecule has 0 aromatic heterocycles. The van der Waals surface area contributed by atoms with E-state index < -0.39 is 0 Å². The van der Waals surface area contributed by atoms with E-state index in [0.717, 1.165) is 49.1 Å². The molecule has 0 bridgehead atoms. The van der Waals surface area contributed by atoms with Crippen molar-refractivity contribution in [3.63, 3.8) is 0 Å². The molecule has 2 aromatic carbocycles. The van der Waals surface area contributed by atoms with E-state index in [2.05, 4.69) is 21.2 Å². The van der Waals surface area contributed by atoms with Crippen LogP contribution in [-0.4, -0.2) is 50.3 Å². The van der Waals surface area contributed by atoms with E-state index in [1.165, 1.54) is 0 Å². The molecule has 2 aliphatic rings. The number of hydrogen-bond donors (Lipinski definition) is 1. The van der Waals surface area contributed by atoms with Crippen molar-refractivity contribution in [2.45, 2.75) is 0 Å². The smallest absolute Gasteiger partial charge is 0.238 e. The van der Waals surface area contributed by atoms with E-state index in [0.29, 0.717) is 11.6 Å². The quantitative estimate of drug-likeness (QED) is 0.893. The van der Waals surface area contributed by atoms with E-state index in [1.807, 2.05) is 12.1 Å². The number of anilines is 2. The number of piperazine rings is 1. The molecule has 1 saturated heterocycles. The number of halogens is 1. The molecular weight excluding hydrogens is 354 g/mol. The molecule has 1 amide bonds. The Hall–Kier alpha value is -2.44. The minimum atomic E-state index is -0.0103. The number of nitrogens with one attached hydrogen (secondary N) is 1. The zero-order valence-corrected chi connectivity index (χ0v) is 15.0. The monoisotopic (exact) mass is 373 g/mol. The maximum Gasteiger partial charge on any atom is 0.238 e. The molecule has 6 nitrogen and oxygen atoms in total. The van der Waals surface area contributed by atoms with Crippen LogP contribution in [0.4, 0.5) is 11.4 Å². The molecule has 1 N–H and O–H groups in total. The maximum absolute atomic E-state index is 12.2. The van der Waals surface area contributed by atoms with E-state index in [1.54, 1.807) is 24.3 Å². The van der Waals surface area contributed by atoms with Crippen molar-refractivity contribution in [2.24, 2.45) is 0 Å². The largest absolute Gasteiger partial charge is 0.454 e. The third kappa shape index (κ3) is 3.86. The Morgan fingerprint density at radius 1 is 1.00 bits per heavy atom. The molecule has 4 rings (SSSR count). The number of amides is 1. The first kappa shape index (κ1) is 17.0. The standard InChI is InChI=1S/C19H20ClN3O3/c20-14-1-3-15(4-2-14)21-19(24)12-22-7-9-23(10-8-22)16-5-6-17-18(11-16)26-13-25-17/h1-6,11H,7-10,12-13H2,(H,21,24). The molecule has 0 aliphatic carbocycles. The Kier molecular flexibility index (Phi) is 4.86. The Labute approximate surface area is 157 Å². The molecule has 2 aliphatic heterocycles. The Morgan fingerprint density at radius 3 is 2.50 bits per heavy atom. The van der Waals surface area contributed by atoms with E-state index in [4.69, 9.17) is 21.1 Å².